The third-order valence-electron chi connectivity index (χ3n) is 2.79. The largest absolute Gasteiger partial charge is 0.321 e. The zero-order valence-electron chi connectivity index (χ0n) is 9.15. The molecule has 0 aromatic carbocycles. The van der Waals surface area contributed by atoms with Crippen LogP contribution in [0.3, 0.4) is 0 Å². The van der Waals surface area contributed by atoms with Crippen molar-refractivity contribution < 1.29 is 0 Å². The molecule has 0 spiro atoms. The first-order valence-electron chi connectivity index (χ1n) is 5.47. The van der Waals surface area contributed by atoms with E-state index in [4.69, 9.17) is 0 Å². The molecule has 0 radical (unpaired) electrons. The summed E-state index contributed by atoms with van der Waals surface area (Å²) in [6, 6.07) is 0. The molecule has 1 fully saturated rings. The second-order valence-electron chi connectivity index (χ2n) is 4.04. The Bertz CT molecular complexity index is 293. The fourth-order valence-electron chi connectivity index (χ4n) is 1.78. The molecular formula is C10H18N4S. The van der Waals surface area contributed by atoms with E-state index in [0.717, 1.165) is 31.3 Å². The van der Waals surface area contributed by atoms with Crippen LogP contribution < -0.4 is 5.32 Å². The lowest BCUT2D eigenvalue weighted by atomic mass is 10.1. The highest BCUT2D eigenvalue weighted by molar-refractivity contribution is 7.99. The summed E-state index contributed by atoms with van der Waals surface area (Å²) in [5, 5.41) is 11.4. The van der Waals surface area contributed by atoms with Gasteiger partial charge in [0.15, 0.2) is 0 Å². The fourth-order valence-corrected chi connectivity index (χ4v) is 3.07. The first kappa shape index (κ1) is 11.0. The Hall–Kier alpha value is -0.550. The minimum Gasteiger partial charge on any atom is -0.321 e. The third kappa shape index (κ3) is 3.21. The van der Waals surface area contributed by atoms with Gasteiger partial charge in [-0.15, -0.1) is 10.2 Å². The van der Waals surface area contributed by atoms with Crippen LogP contribution in [0.4, 0.5) is 0 Å². The van der Waals surface area contributed by atoms with Crippen LogP contribution in [-0.2, 0) is 13.5 Å². The molecule has 1 atom stereocenters. The van der Waals surface area contributed by atoms with Crippen molar-refractivity contribution in [3.63, 3.8) is 0 Å². The summed E-state index contributed by atoms with van der Waals surface area (Å²) >= 11 is 2.07. The third-order valence-corrected chi connectivity index (χ3v) is 4.02. The topological polar surface area (TPSA) is 42.7 Å². The number of hydrogen-bond donors (Lipinski definition) is 1. The van der Waals surface area contributed by atoms with Gasteiger partial charge in [-0.2, -0.15) is 11.8 Å². The van der Waals surface area contributed by atoms with E-state index in [1.807, 2.05) is 11.6 Å². The van der Waals surface area contributed by atoms with Gasteiger partial charge >= 0.3 is 0 Å². The van der Waals surface area contributed by atoms with Gasteiger partial charge in [-0.1, -0.05) is 0 Å². The number of hydrogen-bond acceptors (Lipinski definition) is 4. The zero-order valence-corrected chi connectivity index (χ0v) is 9.96. The molecule has 1 saturated heterocycles. The Labute approximate surface area is 94.8 Å². The molecule has 1 unspecified atom stereocenters. The number of aryl methyl sites for hydroxylation is 1. The molecule has 0 amide bonds. The summed E-state index contributed by atoms with van der Waals surface area (Å²) < 4.78 is 1.98. The lowest BCUT2D eigenvalue weighted by molar-refractivity contribution is 0.521. The summed E-state index contributed by atoms with van der Waals surface area (Å²) in [6.07, 6.45) is 4.10. The number of aromatic nitrogens is 3. The zero-order chi connectivity index (χ0) is 10.5. The van der Waals surface area contributed by atoms with Gasteiger partial charge in [0.1, 0.15) is 12.2 Å². The predicted molar refractivity (Wildman–Crippen MR) is 63.0 cm³/mol. The van der Waals surface area contributed by atoms with E-state index in [2.05, 4.69) is 27.3 Å². The Morgan fingerprint density at radius 2 is 2.60 bits per heavy atom. The highest BCUT2D eigenvalue weighted by Gasteiger charge is 2.14. The highest BCUT2D eigenvalue weighted by atomic mass is 32.2. The normalized spacial score (nSPS) is 21.0. The molecule has 1 N–H and O–H groups in total. The van der Waals surface area contributed by atoms with E-state index >= 15 is 0 Å². The van der Waals surface area contributed by atoms with E-state index in [-0.39, 0.29) is 0 Å². The van der Waals surface area contributed by atoms with Crippen LogP contribution in [0.15, 0.2) is 6.33 Å². The summed E-state index contributed by atoms with van der Waals surface area (Å²) in [4.78, 5) is 0. The van der Waals surface area contributed by atoms with Crippen molar-refractivity contribution in [1.29, 1.82) is 0 Å². The van der Waals surface area contributed by atoms with Crippen LogP contribution in [0.5, 0.6) is 0 Å². The summed E-state index contributed by atoms with van der Waals surface area (Å²) in [5.41, 5.74) is 0. The van der Waals surface area contributed by atoms with Gasteiger partial charge in [0, 0.05) is 20.0 Å². The average molecular weight is 226 g/mol. The maximum atomic E-state index is 4.05. The van der Waals surface area contributed by atoms with Crippen molar-refractivity contribution in [2.45, 2.75) is 12.8 Å². The average Bonchev–Trinajstić information content (AvgIpc) is 2.85. The molecule has 2 rings (SSSR count). The van der Waals surface area contributed by atoms with Crippen LogP contribution in [0, 0.1) is 5.92 Å². The van der Waals surface area contributed by atoms with Gasteiger partial charge in [-0.25, -0.2) is 0 Å². The minimum atomic E-state index is 0.884. The van der Waals surface area contributed by atoms with Gasteiger partial charge in [-0.05, 0) is 30.4 Å². The molecule has 4 nitrogen and oxygen atoms in total. The molecular weight excluding hydrogens is 208 g/mol. The number of nitrogens with zero attached hydrogens (tertiary/aromatic N) is 3. The first-order chi connectivity index (χ1) is 7.36. The van der Waals surface area contributed by atoms with Crippen LogP contribution >= 0.6 is 11.8 Å². The van der Waals surface area contributed by atoms with Crippen molar-refractivity contribution in [1.82, 2.24) is 20.1 Å². The van der Waals surface area contributed by atoms with E-state index in [1.54, 1.807) is 6.33 Å². The van der Waals surface area contributed by atoms with Crippen molar-refractivity contribution in [3.8, 4) is 0 Å². The fraction of sp³-hybridized carbons (Fsp3) is 0.800. The maximum absolute atomic E-state index is 4.05. The number of thioether (sulfide) groups is 1. The Kier molecular flexibility index (Phi) is 4.02. The van der Waals surface area contributed by atoms with Crippen molar-refractivity contribution in [3.05, 3.63) is 12.2 Å². The van der Waals surface area contributed by atoms with E-state index < -0.39 is 0 Å². The number of rotatable bonds is 5. The lowest BCUT2D eigenvalue weighted by Crippen LogP contribution is -2.25. The molecule has 1 aromatic rings. The van der Waals surface area contributed by atoms with Crippen LogP contribution in [0.2, 0.25) is 0 Å². The van der Waals surface area contributed by atoms with Gasteiger partial charge < -0.3 is 9.88 Å². The molecule has 84 valence electrons. The monoisotopic (exact) mass is 226 g/mol. The smallest absolute Gasteiger partial charge is 0.133 e. The summed E-state index contributed by atoms with van der Waals surface area (Å²) in [6.45, 7) is 2.17. The predicted octanol–water partition coefficient (Wildman–Crippen LogP) is 0.700. The van der Waals surface area contributed by atoms with Crippen molar-refractivity contribution in [2.24, 2.45) is 13.0 Å². The first-order valence-corrected chi connectivity index (χ1v) is 6.63. The molecule has 1 aromatic heterocycles. The van der Waals surface area contributed by atoms with Crippen LogP contribution in [0.1, 0.15) is 12.2 Å². The quantitative estimate of drug-likeness (QED) is 0.751. The highest BCUT2D eigenvalue weighted by Crippen LogP contribution is 2.22. The molecule has 1 aliphatic heterocycles. The molecule has 5 heteroatoms. The van der Waals surface area contributed by atoms with Crippen LogP contribution in [0.25, 0.3) is 0 Å². The second-order valence-corrected chi connectivity index (χ2v) is 5.19. The van der Waals surface area contributed by atoms with E-state index in [1.165, 1.54) is 17.9 Å². The molecule has 0 aliphatic carbocycles. The van der Waals surface area contributed by atoms with E-state index in [9.17, 15) is 0 Å². The molecule has 2 heterocycles. The Morgan fingerprint density at radius 3 is 3.27 bits per heavy atom. The molecule has 1 aliphatic rings. The van der Waals surface area contributed by atoms with Gasteiger partial charge in [0.2, 0.25) is 0 Å². The molecule has 0 saturated carbocycles. The second kappa shape index (κ2) is 5.51. The van der Waals surface area contributed by atoms with Gasteiger partial charge in [-0.3, -0.25) is 0 Å². The molecule has 15 heavy (non-hydrogen) atoms. The lowest BCUT2D eigenvalue weighted by Gasteiger charge is -2.09. The number of nitrogens with one attached hydrogen (secondary N) is 1. The standard InChI is InChI=1S/C10H18N4S/c1-14-8-12-13-10(14)2-4-11-6-9-3-5-15-7-9/h8-9,11H,2-7H2,1H3. The van der Waals surface area contributed by atoms with Crippen LogP contribution in [-0.4, -0.2) is 39.4 Å². The Balaban J connectivity index is 1.60. The summed E-state index contributed by atoms with van der Waals surface area (Å²) in [7, 11) is 1.99. The van der Waals surface area contributed by atoms with Crippen molar-refractivity contribution >= 4 is 11.8 Å². The summed E-state index contributed by atoms with van der Waals surface area (Å²) in [5.74, 6) is 4.62. The maximum Gasteiger partial charge on any atom is 0.133 e. The Morgan fingerprint density at radius 1 is 1.67 bits per heavy atom. The van der Waals surface area contributed by atoms with Crippen molar-refractivity contribution in [2.75, 3.05) is 24.6 Å². The van der Waals surface area contributed by atoms with Gasteiger partial charge in [0.05, 0.1) is 0 Å². The minimum absolute atomic E-state index is 0.884. The molecule has 0 bridgehead atoms. The van der Waals surface area contributed by atoms with E-state index in [0.29, 0.717) is 0 Å². The SMILES string of the molecule is Cn1cnnc1CCNCC1CCSC1. The van der Waals surface area contributed by atoms with Gasteiger partial charge in [0.25, 0.3) is 0 Å².